The van der Waals surface area contributed by atoms with Gasteiger partial charge in [0.15, 0.2) is 5.78 Å². The maximum absolute atomic E-state index is 12.7. The Morgan fingerprint density at radius 3 is 2.76 bits per heavy atom. The molecular weight excluding hydrogens is 237 g/mol. The molecule has 1 fully saturated rings. The molecule has 1 atom stereocenters. The van der Waals surface area contributed by atoms with Crippen LogP contribution >= 0.6 is 11.8 Å². The van der Waals surface area contributed by atoms with Gasteiger partial charge in [-0.2, -0.15) is 0 Å². The van der Waals surface area contributed by atoms with Crippen molar-refractivity contribution in [2.75, 3.05) is 18.8 Å². The molecule has 4 heteroatoms. The van der Waals surface area contributed by atoms with Crippen LogP contribution in [-0.2, 0) is 0 Å². The lowest BCUT2D eigenvalue weighted by Crippen LogP contribution is -2.28. The lowest BCUT2D eigenvalue weighted by atomic mass is 10.1. The summed E-state index contributed by atoms with van der Waals surface area (Å²) >= 11 is 1.92. The Morgan fingerprint density at radius 1 is 1.47 bits per heavy atom. The molecule has 2 rings (SSSR count). The van der Waals surface area contributed by atoms with Gasteiger partial charge in [0.2, 0.25) is 0 Å². The molecule has 17 heavy (non-hydrogen) atoms. The van der Waals surface area contributed by atoms with Crippen molar-refractivity contribution < 1.29 is 9.18 Å². The van der Waals surface area contributed by atoms with Crippen molar-refractivity contribution in [2.45, 2.75) is 18.7 Å². The molecule has 1 unspecified atom stereocenters. The van der Waals surface area contributed by atoms with E-state index in [1.807, 2.05) is 11.8 Å². The molecule has 0 bridgehead atoms. The predicted molar refractivity (Wildman–Crippen MR) is 68.8 cm³/mol. The van der Waals surface area contributed by atoms with Gasteiger partial charge in [0.1, 0.15) is 5.82 Å². The Labute approximate surface area is 105 Å². The van der Waals surface area contributed by atoms with Gasteiger partial charge < -0.3 is 0 Å². The third kappa shape index (κ3) is 3.30. The van der Waals surface area contributed by atoms with E-state index in [1.54, 1.807) is 12.1 Å². The number of hydrogen-bond donors (Lipinski definition) is 0. The topological polar surface area (TPSA) is 20.3 Å². The normalized spacial score (nSPS) is 20.7. The Kier molecular flexibility index (Phi) is 4.18. The van der Waals surface area contributed by atoms with E-state index in [4.69, 9.17) is 0 Å². The minimum atomic E-state index is -0.300. The second-order valence-corrected chi connectivity index (χ2v) is 5.61. The Bertz CT molecular complexity index is 393. The van der Waals surface area contributed by atoms with Gasteiger partial charge in [-0.15, -0.1) is 11.8 Å². The van der Waals surface area contributed by atoms with E-state index in [-0.39, 0.29) is 11.6 Å². The SMILES string of the molecule is CC1SCCN1CCC(=O)c1ccc(F)cc1. The number of ketones is 1. The van der Waals surface area contributed by atoms with Crippen molar-refractivity contribution in [3.8, 4) is 0 Å². The Morgan fingerprint density at radius 2 is 2.18 bits per heavy atom. The summed E-state index contributed by atoms with van der Waals surface area (Å²) in [6, 6.07) is 5.78. The fourth-order valence-corrected chi connectivity index (χ4v) is 3.05. The number of benzene rings is 1. The minimum absolute atomic E-state index is 0.0918. The summed E-state index contributed by atoms with van der Waals surface area (Å²) in [5.74, 6) is 0.937. The molecule has 1 aliphatic rings. The maximum Gasteiger partial charge on any atom is 0.164 e. The molecule has 0 N–H and O–H groups in total. The van der Waals surface area contributed by atoms with Crippen LogP contribution in [0.25, 0.3) is 0 Å². The number of halogens is 1. The highest BCUT2D eigenvalue weighted by atomic mass is 32.2. The number of carbonyl (C=O) groups is 1. The van der Waals surface area contributed by atoms with Crippen LogP contribution < -0.4 is 0 Å². The minimum Gasteiger partial charge on any atom is -0.294 e. The first-order chi connectivity index (χ1) is 8.16. The predicted octanol–water partition coefficient (Wildman–Crippen LogP) is 2.79. The highest BCUT2D eigenvalue weighted by Gasteiger charge is 2.21. The van der Waals surface area contributed by atoms with Gasteiger partial charge in [-0.3, -0.25) is 9.69 Å². The second kappa shape index (κ2) is 5.65. The fraction of sp³-hybridized carbons (Fsp3) is 0.462. The van der Waals surface area contributed by atoms with Crippen LogP contribution in [0.3, 0.4) is 0 Å². The highest BCUT2D eigenvalue weighted by molar-refractivity contribution is 8.00. The summed E-state index contributed by atoms with van der Waals surface area (Å²) in [7, 11) is 0. The first-order valence-corrected chi connectivity index (χ1v) is 6.86. The summed E-state index contributed by atoms with van der Waals surface area (Å²) < 4.78 is 12.7. The van der Waals surface area contributed by atoms with Crippen molar-refractivity contribution in [3.63, 3.8) is 0 Å². The first kappa shape index (κ1) is 12.6. The van der Waals surface area contributed by atoms with E-state index in [0.717, 1.165) is 18.8 Å². The molecule has 1 aliphatic heterocycles. The van der Waals surface area contributed by atoms with Crippen molar-refractivity contribution in [3.05, 3.63) is 35.6 Å². The maximum atomic E-state index is 12.7. The zero-order valence-corrected chi connectivity index (χ0v) is 10.7. The highest BCUT2D eigenvalue weighted by Crippen LogP contribution is 2.22. The zero-order chi connectivity index (χ0) is 12.3. The van der Waals surface area contributed by atoms with Gasteiger partial charge in [0.05, 0.1) is 5.37 Å². The molecule has 2 nitrogen and oxygen atoms in total. The van der Waals surface area contributed by atoms with Crippen LogP contribution in [0.4, 0.5) is 4.39 Å². The Balaban J connectivity index is 1.87. The van der Waals surface area contributed by atoms with Crippen LogP contribution in [0.15, 0.2) is 24.3 Å². The summed E-state index contributed by atoms with van der Waals surface area (Å²) in [6.45, 7) is 4.02. The average Bonchev–Trinajstić information content (AvgIpc) is 2.73. The van der Waals surface area contributed by atoms with Crippen molar-refractivity contribution in [2.24, 2.45) is 0 Å². The number of hydrogen-bond acceptors (Lipinski definition) is 3. The quantitative estimate of drug-likeness (QED) is 0.770. The second-order valence-electron chi connectivity index (χ2n) is 4.19. The third-order valence-electron chi connectivity index (χ3n) is 3.04. The molecule has 0 spiro atoms. The lowest BCUT2D eigenvalue weighted by Gasteiger charge is -2.19. The van der Waals surface area contributed by atoms with Gasteiger partial charge in [-0.25, -0.2) is 4.39 Å². The van der Waals surface area contributed by atoms with Crippen LogP contribution in [-0.4, -0.2) is 34.9 Å². The van der Waals surface area contributed by atoms with Crippen molar-refractivity contribution >= 4 is 17.5 Å². The molecule has 0 aromatic heterocycles. The standard InChI is InChI=1S/C13H16FNOS/c1-10-15(8-9-17-10)7-6-13(16)11-2-4-12(14)5-3-11/h2-5,10H,6-9H2,1H3. The van der Waals surface area contributed by atoms with Gasteiger partial charge in [-0.1, -0.05) is 0 Å². The smallest absolute Gasteiger partial charge is 0.164 e. The van der Waals surface area contributed by atoms with Gasteiger partial charge in [0.25, 0.3) is 0 Å². The van der Waals surface area contributed by atoms with Gasteiger partial charge >= 0.3 is 0 Å². The number of rotatable bonds is 4. The number of Topliss-reactive ketones (excluding diaryl/α,β-unsaturated/α-hetero) is 1. The average molecular weight is 253 g/mol. The molecule has 0 aliphatic carbocycles. The molecule has 1 heterocycles. The molecule has 1 aromatic carbocycles. The number of carbonyl (C=O) groups excluding carboxylic acids is 1. The monoisotopic (exact) mass is 253 g/mol. The summed E-state index contributed by atoms with van der Waals surface area (Å²) in [6.07, 6.45) is 0.510. The fourth-order valence-electron chi connectivity index (χ4n) is 1.95. The molecule has 0 amide bonds. The van der Waals surface area contributed by atoms with Gasteiger partial charge in [0, 0.05) is 30.8 Å². The van der Waals surface area contributed by atoms with Crippen molar-refractivity contribution in [1.82, 2.24) is 4.90 Å². The molecule has 0 saturated carbocycles. The molecule has 1 saturated heterocycles. The van der Waals surface area contributed by atoms with E-state index in [2.05, 4.69) is 11.8 Å². The summed E-state index contributed by atoms with van der Waals surface area (Å²) in [5.41, 5.74) is 0.603. The number of thioether (sulfide) groups is 1. The van der Waals surface area contributed by atoms with Gasteiger partial charge in [-0.05, 0) is 31.2 Å². The van der Waals surface area contributed by atoms with Crippen LogP contribution in [0.1, 0.15) is 23.7 Å². The number of nitrogens with zero attached hydrogens (tertiary/aromatic N) is 1. The van der Waals surface area contributed by atoms with Crippen LogP contribution in [0.5, 0.6) is 0 Å². The van der Waals surface area contributed by atoms with E-state index < -0.39 is 0 Å². The Hall–Kier alpha value is -0.870. The van der Waals surface area contributed by atoms with Crippen LogP contribution in [0, 0.1) is 5.82 Å². The lowest BCUT2D eigenvalue weighted by molar-refractivity contribution is 0.0966. The molecular formula is C13H16FNOS. The summed E-state index contributed by atoms with van der Waals surface area (Å²) in [5, 5.41) is 0.510. The zero-order valence-electron chi connectivity index (χ0n) is 9.86. The van der Waals surface area contributed by atoms with Crippen LogP contribution in [0.2, 0.25) is 0 Å². The van der Waals surface area contributed by atoms with Crippen molar-refractivity contribution in [1.29, 1.82) is 0 Å². The largest absolute Gasteiger partial charge is 0.294 e. The molecule has 0 radical (unpaired) electrons. The molecule has 92 valence electrons. The van der Waals surface area contributed by atoms with E-state index in [9.17, 15) is 9.18 Å². The molecule has 1 aromatic rings. The first-order valence-electron chi connectivity index (χ1n) is 5.81. The van der Waals surface area contributed by atoms with E-state index in [0.29, 0.717) is 17.4 Å². The van der Waals surface area contributed by atoms with E-state index in [1.165, 1.54) is 12.1 Å². The van der Waals surface area contributed by atoms with E-state index >= 15 is 0 Å². The summed E-state index contributed by atoms with van der Waals surface area (Å²) in [4.78, 5) is 14.2. The third-order valence-corrected chi connectivity index (χ3v) is 4.24.